The SMILES string of the molecule is CCCC1CCC(C2CCC(CCc3ccc(OC(=O)CC)cn3)CC2)CC1. The quantitative estimate of drug-likeness (QED) is 0.465. The van der Waals surface area contributed by atoms with Gasteiger partial charge < -0.3 is 4.74 Å². The Labute approximate surface area is 171 Å². The van der Waals surface area contributed by atoms with E-state index in [4.69, 9.17) is 4.74 Å². The van der Waals surface area contributed by atoms with Crippen LogP contribution >= 0.6 is 0 Å². The molecule has 0 amide bonds. The van der Waals surface area contributed by atoms with Crippen LogP contribution in [0.5, 0.6) is 5.75 Å². The van der Waals surface area contributed by atoms with Crippen LogP contribution in [0, 0.1) is 23.7 Å². The standard InChI is InChI=1S/C25H39NO2/c1-3-5-19-6-11-21(12-7-19)22-13-8-20(9-14-22)10-15-23-16-17-24(18-26-23)28-25(27)4-2/h16-22H,3-15H2,1-2H3. The minimum atomic E-state index is -0.204. The minimum Gasteiger partial charge on any atom is -0.425 e. The van der Waals surface area contributed by atoms with Gasteiger partial charge in [0.05, 0.1) is 6.20 Å². The van der Waals surface area contributed by atoms with Crippen molar-refractivity contribution in [2.75, 3.05) is 0 Å². The molecule has 2 saturated carbocycles. The molecule has 3 nitrogen and oxygen atoms in total. The van der Waals surface area contributed by atoms with E-state index in [1.54, 1.807) is 13.1 Å². The van der Waals surface area contributed by atoms with Gasteiger partial charge >= 0.3 is 5.97 Å². The van der Waals surface area contributed by atoms with Crippen LogP contribution in [0.2, 0.25) is 0 Å². The van der Waals surface area contributed by atoms with Gasteiger partial charge in [0.1, 0.15) is 5.75 Å². The van der Waals surface area contributed by atoms with Crippen molar-refractivity contribution in [2.45, 2.75) is 97.3 Å². The molecule has 0 unspecified atom stereocenters. The second-order valence-electron chi connectivity index (χ2n) is 9.20. The number of aromatic nitrogens is 1. The molecular weight excluding hydrogens is 346 g/mol. The normalized spacial score (nSPS) is 28.1. The van der Waals surface area contributed by atoms with Crippen LogP contribution in [-0.2, 0) is 11.2 Å². The maximum absolute atomic E-state index is 11.3. The lowest BCUT2D eigenvalue weighted by Gasteiger charge is -2.38. The van der Waals surface area contributed by atoms with Crippen LogP contribution < -0.4 is 4.74 Å². The molecule has 0 atom stereocenters. The number of hydrogen-bond acceptors (Lipinski definition) is 3. The fraction of sp³-hybridized carbons (Fsp3) is 0.760. The molecule has 2 aliphatic carbocycles. The molecule has 3 heteroatoms. The summed E-state index contributed by atoms with van der Waals surface area (Å²) in [6.07, 6.45) is 18.9. The maximum Gasteiger partial charge on any atom is 0.310 e. The van der Waals surface area contributed by atoms with Crippen LogP contribution in [0.25, 0.3) is 0 Å². The molecule has 3 rings (SSSR count). The zero-order valence-corrected chi connectivity index (χ0v) is 18.0. The summed E-state index contributed by atoms with van der Waals surface area (Å²) in [5.74, 6) is 4.28. The molecule has 1 aromatic rings. The average Bonchev–Trinajstić information content (AvgIpc) is 2.74. The zero-order valence-electron chi connectivity index (χ0n) is 18.0. The molecule has 2 fully saturated rings. The largest absolute Gasteiger partial charge is 0.425 e. The first-order valence-electron chi connectivity index (χ1n) is 11.8. The molecule has 0 saturated heterocycles. The van der Waals surface area contributed by atoms with Gasteiger partial charge in [-0.2, -0.15) is 0 Å². The number of hydrogen-bond donors (Lipinski definition) is 0. The Kier molecular flexibility index (Phi) is 8.36. The maximum atomic E-state index is 11.3. The van der Waals surface area contributed by atoms with E-state index in [0.29, 0.717) is 12.2 Å². The smallest absolute Gasteiger partial charge is 0.310 e. The highest BCUT2D eigenvalue weighted by Crippen LogP contribution is 2.42. The molecular formula is C25H39NO2. The minimum absolute atomic E-state index is 0.204. The van der Waals surface area contributed by atoms with Crippen molar-refractivity contribution in [3.05, 3.63) is 24.0 Å². The second-order valence-corrected chi connectivity index (χ2v) is 9.20. The number of ether oxygens (including phenoxy) is 1. The third-order valence-corrected chi connectivity index (χ3v) is 7.27. The number of aryl methyl sites for hydroxylation is 1. The van der Waals surface area contributed by atoms with Gasteiger partial charge in [-0.05, 0) is 74.3 Å². The van der Waals surface area contributed by atoms with Crippen LogP contribution in [0.1, 0.15) is 96.6 Å². The van der Waals surface area contributed by atoms with Gasteiger partial charge in [0.15, 0.2) is 0 Å². The monoisotopic (exact) mass is 385 g/mol. The summed E-state index contributed by atoms with van der Waals surface area (Å²) in [4.78, 5) is 15.8. The first kappa shape index (κ1) is 21.3. The number of carbonyl (C=O) groups is 1. The molecule has 0 radical (unpaired) electrons. The molecule has 0 aliphatic heterocycles. The van der Waals surface area contributed by atoms with E-state index in [1.165, 1.54) is 70.6 Å². The molecule has 2 aliphatic rings. The Hall–Kier alpha value is -1.38. The highest BCUT2D eigenvalue weighted by Gasteiger charge is 2.30. The van der Waals surface area contributed by atoms with E-state index in [2.05, 4.69) is 11.9 Å². The van der Waals surface area contributed by atoms with Crippen molar-refractivity contribution in [2.24, 2.45) is 23.7 Å². The van der Waals surface area contributed by atoms with Gasteiger partial charge in [0.25, 0.3) is 0 Å². The van der Waals surface area contributed by atoms with Crippen molar-refractivity contribution in [1.82, 2.24) is 4.98 Å². The Balaban J connectivity index is 1.35. The van der Waals surface area contributed by atoms with Crippen molar-refractivity contribution in [3.8, 4) is 5.75 Å². The predicted molar refractivity (Wildman–Crippen MR) is 114 cm³/mol. The molecule has 28 heavy (non-hydrogen) atoms. The summed E-state index contributed by atoms with van der Waals surface area (Å²) in [7, 11) is 0. The second kappa shape index (κ2) is 11.0. The Morgan fingerprint density at radius 1 is 0.929 bits per heavy atom. The van der Waals surface area contributed by atoms with Crippen molar-refractivity contribution in [1.29, 1.82) is 0 Å². The Morgan fingerprint density at radius 3 is 2.04 bits per heavy atom. The number of carbonyl (C=O) groups excluding carboxylic acids is 1. The first-order chi connectivity index (χ1) is 13.7. The predicted octanol–water partition coefficient (Wildman–Crippen LogP) is 6.74. The summed E-state index contributed by atoms with van der Waals surface area (Å²) in [6.45, 7) is 4.13. The van der Waals surface area contributed by atoms with Crippen molar-refractivity contribution < 1.29 is 9.53 Å². The Morgan fingerprint density at radius 2 is 1.54 bits per heavy atom. The van der Waals surface area contributed by atoms with Gasteiger partial charge in [-0.3, -0.25) is 9.78 Å². The molecule has 0 aromatic carbocycles. The summed E-state index contributed by atoms with van der Waals surface area (Å²) >= 11 is 0. The Bertz CT molecular complexity index is 581. The topological polar surface area (TPSA) is 39.2 Å². The third-order valence-electron chi connectivity index (χ3n) is 7.27. The van der Waals surface area contributed by atoms with Gasteiger partial charge in [0.2, 0.25) is 0 Å². The molecule has 0 spiro atoms. The fourth-order valence-corrected chi connectivity index (χ4v) is 5.48. The van der Waals surface area contributed by atoms with E-state index < -0.39 is 0 Å². The summed E-state index contributed by atoms with van der Waals surface area (Å²) in [5.41, 5.74) is 1.12. The number of esters is 1. The van der Waals surface area contributed by atoms with Gasteiger partial charge in [0, 0.05) is 12.1 Å². The molecule has 1 aromatic heterocycles. The van der Waals surface area contributed by atoms with Gasteiger partial charge in [-0.15, -0.1) is 0 Å². The number of nitrogens with zero attached hydrogens (tertiary/aromatic N) is 1. The van der Waals surface area contributed by atoms with E-state index in [9.17, 15) is 4.79 Å². The first-order valence-corrected chi connectivity index (χ1v) is 11.8. The van der Waals surface area contributed by atoms with Gasteiger partial charge in [-0.1, -0.05) is 52.4 Å². The van der Waals surface area contributed by atoms with Crippen LogP contribution in [0.15, 0.2) is 18.3 Å². The summed E-state index contributed by atoms with van der Waals surface area (Å²) in [5, 5.41) is 0. The summed E-state index contributed by atoms with van der Waals surface area (Å²) < 4.78 is 5.20. The van der Waals surface area contributed by atoms with Crippen molar-refractivity contribution in [3.63, 3.8) is 0 Å². The highest BCUT2D eigenvalue weighted by atomic mass is 16.5. The molecule has 0 N–H and O–H groups in total. The van der Waals surface area contributed by atoms with Crippen LogP contribution in [0.4, 0.5) is 0 Å². The third kappa shape index (κ3) is 6.32. The van der Waals surface area contributed by atoms with E-state index in [-0.39, 0.29) is 5.97 Å². The highest BCUT2D eigenvalue weighted by molar-refractivity contribution is 5.71. The fourth-order valence-electron chi connectivity index (χ4n) is 5.48. The molecule has 156 valence electrons. The zero-order chi connectivity index (χ0) is 19.8. The van der Waals surface area contributed by atoms with E-state index in [0.717, 1.165) is 35.8 Å². The van der Waals surface area contributed by atoms with Gasteiger partial charge in [-0.25, -0.2) is 0 Å². The number of rotatable bonds is 8. The summed E-state index contributed by atoms with van der Waals surface area (Å²) in [6, 6.07) is 3.89. The lowest BCUT2D eigenvalue weighted by molar-refractivity contribution is -0.134. The molecule has 1 heterocycles. The van der Waals surface area contributed by atoms with Crippen LogP contribution in [-0.4, -0.2) is 11.0 Å². The van der Waals surface area contributed by atoms with E-state index >= 15 is 0 Å². The lowest BCUT2D eigenvalue weighted by atomic mass is 9.68. The average molecular weight is 386 g/mol. The van der Waals surface area contributed by atoms with E-state index in [1.807, 2.05) is 12.1 Å². The lowest BCUT2D eigenvalue weighted by Crippen LogP contribution is -2.26. The number of pyridine rings is 1. The van der Waals surface area contributed by atoms with Crippen molar-refractivity contribution >= 4 is 5.97 Å². The molecule has 0 bridgehead atoms. The van der Waals surface area contributed by atoms with Crippen LogP contribution in [0.3, 0.4) is 0 Å².